The molecule has 7 nitrogen and oxygen atoms in total. The predicted molar refractivity (Wildman–Crippen MR) is 83.2 cm³/mol. The molecule has 1 rings (SSSR count). The lowest BCUT2D eigenvalue weighted by Gasteiger charge is -2.18. The number of likely N-dealkylation sites (N-methyl/N-ethyl adjacent to an activating group) is 1. The van der Waals surface area contributed by atoms with E-state index in [-0.39, 0.29) is 23.1 Å². The molecule has 0 bridgehead atoms. The molecule has 1 aromatic heterocycles. The number of amides is 1. The second kappa shape index (κ2) is 7.84. The third kappa shape index (κ3) is 3.85. The minimum Gasteiger partial charge on any atom is -0.462 e. The van der Waals surface area contributed by atoms with Gasteiger partial charge in [0.1, 0.15) is 9.88 Å². The molecule has 21 heavy (non-hydrogen) atoms. The van der Waals surface area contributed by atoms with E-state index < -0.39 is 5.97 Å². The van der Waals surface area contributed by atoms with Crippen molar-refractivity contribution >= 4 is 33.9 Å². The molecular weight excluding hydrogens is 294 g/mol. The Hall–Kier alpha value is -1.80. The monoisotopic (exact) mass is 315 g/mol. The second-order valence-corrected chi connectivity index (χ2v) is 5.24. The fraction of sp³-hybridized carbons (Fsp3) is 0.538. The van der Waals surface area contributed by atoms with Crippen LogP contribution in [-0.2, 0) is 9.47 Å². The highest BCUT2D eigenvalue weighted by atomic mass is 32.1. The Kier molecular flexibility index (Phi) is 6.44. The molecule has 8 heteroatoms. The van der Waals surface area contributed by atoms with Crippen molar-refractivity contribution in [1.82, 2.24) is 5.32 Å². The van der Waals surface area contributed by atoms with Gasteiger partial charge in [-0.05, 0) is 6.92 Å². The Bertz CT molecular complexity index is 516. The first-order valence-corrected chi connectivity index (χ1v) is 7.31. The highest BCUT2D eigenvalue weighted by molar-refractivity contribution is 7.19. The van der Waals surface area contributed by atoms with Crippen molar-refractivity contribution < 1.29 is 19.1 Å². The van der Waals surface area contributed by atoms with Crippen LogP contribution in [0.15, 0.2) is 0 Å². The number of carbonyl (C=O) groups is 2. The van der Waals surface area contributed by atoms with E-state index in [9.17, 15) is 9.59 Å². The van der Waals surface area contributed by atoms with E-state index >= 15 is 0 Å². The van der Waals surface area contributed by atoms with E-state index in [0.717, 1.165) is 11.3 Å². The number of methoxy groups -OCH3 is 1. The number of esters is 1. The van der Waals surface area contributed by atoms with E-state index in [4.69, 9.17) is 15.2 Å². The van der Waals surface area contributed by atoms with Crippen LogP contribution in [0.25, 0.3) is 0 Å². The van der Waals surface area contributed by atoms with Crippen LogP contribution in [0, 0.1) is 0 Å². The van der Waals surface area contributed by atoms with Crippen molar-refractivity contribution in [2.75, 3.05) is 51.6 Å². The number of ether oxygens (including phenoxy) is 2. The zero-order chi connectivity index (χ0) is 16.0. The third-order valence-corrected chi connectivity index (χ3v) is 4.12. The lowest BCUT2D eigenvalue weighted by molar-refractivity contribution is 0.0533. The van der Waals surface area contributed by atoms with Gasteiger partial charge in [-0.25, -0.2) is 4.79 Å². The van der Waals surface area contributed by atoms with Gasteiger partial charge in [-0.15, -0.1) is 11.3 Å². The molecule has 0 radical (unpaired) electrons. The molecule has 0 aliphatic carbocycles. The summed E-state index contributed by atoms with van der Waals surface area (Å²) in [5, 5.41) is 3.15. The third-order valence-electron chi connectivity index (χ3n) is 2.82. The number of nitrogens with two attached hydrogens (primary N) is 1. The summed E-state index contributed by atoms with van der Waals surface area (Å²) >= 11 is 1.15. The number of thiophene rings is 1. The number of nitrogens with one attached hydrogen (secondary N) is 1. The zero-order valence-corrected chi connectivity index (χ0v) is 13.5. The van der Waals surface area contributed by atoms with E-state index in [1.165, 1.54) is 7.05 Å². The van der Waals surface area contributed by atoms with Gasteiger partial charge in [0, 0.05) is 27.7 Å². The lowest BCUT2D eigenvalue weighted by Crippen LogP contribution is -2.26. The predicted octanol–water partition coefficient (Wildman–Crippen LogP) is 0.949. The van der Waals surface area contributed by atoms with Crippen molar-refractivity contribution in [3.05, 3.63) is 10.4 Å². The van der Waals surface area contributed by atoms with Crippen molar-refractivity contribution in [1.29, 1.82) is 0 Å². The van der Waals surface area contributed by atoms with Crippen molar-refractivity contribution in [2.45, 2.75) is 6.92 Å². The van der Waals surface area contributed by atoms with Crippen LogP contribution < -0.4 is 16.0 Å². The summed E-state index contributed by atoms with van der Waals surface area (Å²) in [6, 6.07) is 0. The van der Waals surface area contributed by atoms with E-state index in [1.54, 1.807) is 14.0 Å². The smallest absolute Gasteiger partial charge is 0.350 e. The lowest BCUT2D eigenvalue weighted by atomic mass is 10.2. The minimum absolute atomic E-state index is 0.150. The zero-order valence-electron chi connectivity index (χ0n) is 12.7. The minimum atomic E-state index is -0.517. The molecule has 3 N–H and O–H groups in total. The van der Waals surface area contributed by atoms with Crippen LogP contribution in [-0.4, -0.2) is 52.8 Å². The van der Waals surface area contributed by atoms with E-state index in [1.807, 2.05) is 11.9 Å². The molecule has 0 aliphatic heterocycles. The van der Waals surface area contributed by atoms with Crippen LogP contribution in [0.2, 0.25) is 0 Å². The number of nitrogens with zero attached hydrogens (tertiary/aromatic N) is 1. The van der Waals surface area contributed by atoms with Crippen LogP contribution in [0.5, 0.6) is 0 Å². The van der Waals surface area contributed by atoms with Gasteiger partial charge in [0.2, 0.25) is 0 Å². The molecular formula is C13H21N3O4S. The number of nitrogen functional groups attached to an aromatic ring is 1. The number of carbonyl (C=O) groups excluding carboxylic acids is 2. The van der Waals surface area contributed by atoms with Gasteiger partial charge < -0.3 is 25.4 Å². The first-order valence-electron chi connectivity index (χ1n) is 6.49. The average molecular weight is 315 g/mol. The molecule has 0 fully saturated rings. The average Bonchev–Trinajstić information content (AvgIpc) is 2.82. The normalized spacial score (nSPS) is 10.3. The highest BCUT2D eigenvalue weighted by Gasteiger charge is 2.27. The SMILES string of the molecule is CCOC(=O)c1sc(N(C)CCOC)c(C(=O)NC)c1N. The van der Waals surface area contributed by atoms with Gasteiger partial charge in [0.25, 0.3) is 5.91 Å². The summed E-state index contributed by atoms with van der Waals surface area (Å²) in [4.78, 5) is 26.0. The van der Waals surface area contributed by atoms with Crippen LogP contribution >= 0.6 is 11.3 Å². The summed E-state index contributed by atoms with van der Waals surface area (Å²) in [7, 11) is 4.93. The quantitative estimate of drug-likeness (QED) is 0.728. The Morgan fingerprint density at radius 1 is 1.43 bits per heavy atom. The summed E-state index contributed by atoms with van der Waals surface area (Å²) < 4.78 is 9.99. The molecule has 1 heterocycles. The largest absolute Gasteiger partial charge is 0.462 e. The fourth-order valence-corrected chi connectivity index (χ4v) is 2.82. The van der Waals surface area contributed by atoms with Crippen LogP contribution in [0.4, 0.5) is 10.7 Å². The molecule has 0 spiro atoms. The maximum Gasteiger partial charge on any atom is 0.350 e. The first-order chi connectivity index (χ1) is 9.97. The molecule has 1 amide bonds. The maximum atomic E-state index is 12.0. The number of hydrogen-bond acceptors (Lipinski definition) is 7. The summed E-state index contributed by atoms with van der Waals surface area (Å²) in [6.45, 7) is 3.03. The molecule has 0 atom stereocenters. The van der Waals surface area contributed by atoms with Gasteiger partial charge in [-0.1, -0.05) is 0 Å². The molecule has 0 aliphatic rings. The molecule has 0 unspecified atom stereocenters. The molecule has 1 aromatic rings. The van der Waals surface area contributed by atoms with Gasteiger partial charge in [0.05, 0.1) is 24.5 Å². The fourth-order valence-electron chi connectivity index (χ4n) is 1.72. The number of hydrogen-bond donors (Lipinski definition) is 2. The Balaban J connectivity index is 3.24. The first kappa shape index (κ1) is 17.3. The van der Waals surface area contributed by atoms with E-state index in [0.29, 0.717) is 23.7 Å². The van der Waals surface area contributed by atoms with E-state index in [2.05, 4.69) is 5.32 Å². The Morgan fingerprint density at radius 2 is 2.10 bits per heavy atom. The maximum absolute atomic E-state index is 12.0. The molecule has 0 saturated carbocycles. The van der Waals surface area contributed by atoms with Crippen molar-refractivity contribution in [3.8, 4) is 0 Å². The molecule has 0 aromatic carbocycles. The van der Waals surface area contributed by atoms with Crippen LogP contribution in [0.3, 0.4) is 0 Å². The summed E-state index contributed by atoms with van der Waals surface area (Å²) in [6.07, 6.45) is 0. The van der Waals surface area contributed by atoms with Gasteiger partial charge in [-0.2, -0.15) is 0 Å². The number of rotatable bonds is 7. The topological polar surface area (TPSA) is 93.9 Å². The van der Waals surface area contributed by atoms with Crippen LogP contribution in [0.1, 0.15) is 27.0 Å². The molecule has 118 valence electrons. The van der Waals surface area contributed by atoms with Crippen molar-refractivity contribution in [2.24, 2.45) is 0 Å². The molecule has 0 saturated heterocycles. The highest BCUT2D eigenvalue weighted by Crippen LogP contribution is 2.38. The van der Waals surface area contributed by atoms with Gasteiger partial charge in [0.15, 0.2) is 0 Å². The van der Waals surface area contributed by atoms with Gasteiger partial charge in [-0.3, -0.25) is 4.79 Å². The Labute approximate surface area is 128 Å². The summed E-state index contributed by atoms with van der Waals surface area (Å²) in [5.74, 6) is -0.852. The van der Waals surface area contributed by atoms with Crippen molar-refractivity contribution in [3.63, 3.8) is 0 Å². The number of anilines is 2. The van der Waals surface area contributed by atoms with Gasteiger partial charge >= 0.3 is 5.97 Å². The Morgan fingerprint density at radius 3 is 2.62 bits per heavy atom. The second-order valence-electron chi connectivity index (χ2n) is 4.24. The standard InChI is InChI=1S/C13H21N3O4S/c1-5-20-13(18)10-9(14)8(11(17)15-2)12(21-10)16(3)6-7-19-4/h5-7,14H2,1-4H3,(H,15,17). The summed E-state index contributed by atoms with van der Waals surface area (Å²) in [5.41, 5.74) is 6.41.